The second-order valence-corrected chi connectivity index (χ2v) is 4.92. The van der Waals surface area contributed by atoms with Crippen LogP contribution in [-0.4, -0.2) is 51.2 Å². The van der Waals surface area contributed by atoms with Gasteiger partial charge < -0.3 is 10.6 Å². The molecule has 3 N–H and O–H groups in total. The van der Waals surface area contributed by atoms with Gasteiger partial charge in [0.25, 0.3) is 0 Å². The van der Waals surface area contributed by atoms with E-state index in [4.69, 9.17) is 5.73 Å². The lowest BCUT2D eigenvalue weighted by atomic mass is 10.4. The normalized spacial score (nSPS) is 11.4. The Hall–Kier alpha value is -0.660. The van der Waals surface area contributed by atoms with Crippen LogP contribution in [0.25, 0.3) is 0 Å². The summed E-state index contributed by atoms with van der Waals surface area (Å²) in [5.41, 5.74) is 5.12. The Morgan fingerprint density at radius 2 is 1.87 bits per heavy atom. The maximum Gasteiger partial charge on any atom is 0.237 e. The summed E-state index contributed by atoms with van der Waals surface area (Å²) >= 11 is 0. The molecule has 0 aliphatic rings. The number of likely N-dealkylation sites (N-methyl/N-ethyl adjacent to an activating group) is 1. The topological polar surface area (TPSA) is 92.5 Å². The standard InChI is InChI=1S/C8H19N3O3S/c1-3-11(4-2)8(12)7-10-15(13,14)6-5-9/h10H,3-7,9H2,1-2H3. The highest BCUT2D eigenvalue weighted by atomic mass is 32.2. The number of hydrogen-bond donors (Lipinski definition) is 2. The molecule has 0 bridgehead atoms. The van der Waals surface area contributed by atoms with Gasteiger partial charge in [-0.05, 0) is 13.8 Å². The predicted octanol–water partition coefficient (Wildman–Crippen LogP) is -1.27. The Morgan fingerprint density at radius 1 is 1.33 bits per heavy atom. The van der Waals surface area contributed by atoms with Crippen LogP contribution in [0.5, 0.6) is 0 Å². The number of rotatable bonds is 7. The third-order valence-corrected chi connectivity index (χ3v) is 3.30. The summed E-state index contributed by atoms with van der Waals surface area (Å²) in [5, 5.41) is 0. The molecule has 90 valence electrons. The summed E-state index contributed by atoms with van der Waals surface area (Å²) in [6, 6.07) is 0. The van der Waals surface area contributed by atoms with Crippen molar-refractivity contribution < 1.29 is 13.2 Å². The lowest BCUT2D eigenvalue weighted by molar-refractivity contribution is -0.129. The van der Waals surface area contributed by atoms with Gasteiger partial charge in [0.1, 0.15) is 0 Å². The Bertz CT molecular complexity index is 286. The fourth-order valence-corrected chi connectivity index (χ4v) is 1.89. The van der Waals surface area contributed by atoms with Crippen molar-refractivity contribution in [2.75, 3.05) is 31.9 Å². The average molecular weight is 237 g/mol. The average Bonchev–Trinajstić information content (AvgIpc) is 2.17. The van der Waals surface area contributed by atoms with Gasteiger partial charge in [0, 0.05) is 19.6 Å². The van der Waals surface area contributed by atoms with Gasteiger partial charge in [-0.15, -0.1) is 0 Å². The molecule has 0 atom stereocenters. The molecule has 0 aliphatic heterocycles. The van der Waals surface area contributed by atoms with Crippen LogP contribution in [0.4, 0.5) is 0 Å². The maximum absolute atomic E-state index is 11.4. The molecule has 0 fully saturated rings. The van der Waals surface area contributed by atoms with Crippen LogP contribution >= 0.6 is 0 Å². The lowest BCUT2D eigenvalue weighted by Crippen LogP contribution is -2.41. The van der Waals surface area contributed by atoms with E-state index in [1.165, 1.54) is 0 Å². The molecular formula is C8H19N3O3S. The number of amides is 1. The molecule has 0 aromatic carbocycles. The monoisotopic (exact) mass is 237 g/mol. The zero-order valence-corrected chi connectivity index (χ0v) is 10.0. The molecule has 0 radical (unpaired) electrons. The maximum atomic E-state index is 11.4. The van der Waals surface area contributed by atoms with E-state index in [1.807, 2.05) is 13.8 Å². The van der Waals surface area contributed by atoms with E-state index in [1.54, 1.807) is 4.90 Å². The molecule has 0 heterocycles. The van der Waals surface area contributed by atoms with Crippen molar-refractivity contribution in [3.63, 3.8) is 0 Å². The van der Waals surface area contributed by atoms with Gasteiger partial charge in [-0.3, -0.25) is 4.79 Å². The number of nitrogens with two attached hydrogens (primary N) is 1. The molecular weight excluding hydrogens is 218 g/mol. The summed E-state index contributed by atoms with van der Waals surface area (Å²) < 4.78 is 24.6. The third kappa shape index (κ3) is 5.71. The minimum atomic E-state index is -3.40. The largest absolute Gasteiger partial charge is 0.342 e. The predicted molar refractivity (Wildman–Crippen MR) is 58.8 cm³/mol. The molecule has 15 heavy (non-hydrogen) atoms. The summed E-state index contributed by atoms with van der Waals surface area (Å²) in [6.07, 6.45) is 0. The summed E-state index contributed by atoms with van der Waals surface area (Å²) in [7, 11) is -3.40. The SMILES string of the molecule is CCN(CC)C(=O)CNS(=O)(=O)CCN. The van der Waals surface area contributed by atoms with Gasteiger partial charge in [-0.25, -0.2) is 13.1 Å². The fourth-order valence-electron chi connectivity index (χ4n) is 1.09. The summed E-state index contributed by atoms with van der Waals surface area (Å²) in [5.74, 6) is -0.376. The molecule has 0 spiro atoms. The van der Waals surface area contributed by atoms with Crippen molar-refractivity contribution in [3.8, 4) is 0 Å². The van der Waals surface area contributed by atoms with Crippen molar-refractivity contribution in [2.45, 2.75) is 13.8 Å². The Morgan fingerprint density at radius 3 is 2.27 bits per heavy atom. The Kier molecular flexibility index (Phi) is 6.46. The number of nitrogens with zero attached hydrogens (tertiary/aromatic N) is 1. The van der Waals surface area contributed by atoms with E-state index in [0.29, 0.717) is 13.1 Å². The number of hydrogen-bond acceptors (Lipinski definition) is 4. The molecule has 7 heteroatoms. The molecule has 0 rings (SSSR count). The van der Waals surface area contributed by atoms with E-state index >= 15 is 0 Å². The highest BCUT2D eigenvalue weighted by molar-refractivity contribution is 7.89. The van der Waals surface area contributed by atoms with E-state index in [2.05, 4.69) is 4.72 Å². The van der Waals surface area contributed by atoms with Crippen molar-refractivity contribution in [2.24, 2.45) is 5.73 Å². The first-order chi connectivity index (χ1) is 6.96. The zero-order valence-electron chi connectivity index (χ0n) is 9.19. The van der Waals surface area contributed by atoms with Gasteiger partial charge in [-0.1, -0.05) is 0 Å². The number of nitrogens with one attached hydrogen (secondary N) is 1. The van der Waals surface area contributed by atoms with Crippen LogP contribution in [0.3, 0.4) is 0 Å². The molecule has 0 aliphatic carbocycles. The summed E-state index contributed by atoms with van der Waals surface area (Å²) in [4.78, 5) is 13.0. The van der Waals surface area contributed by atoms with E-state index in [9.17, 15) is 13.2 Å². The first kappa shape index (κ1) is 14.3. The minimum absolute atomic E-state index is 0.0504. The van der Waals surface area contributed by atoms with Crippen molar-refractivity contribution in [1.82, 2.24) is 9.62 Å². The smallest absolute Gasteiger partial charge is 0.237 e. The third-order valence-electron chi connectivity index (χ3n) is 1.95. The van der Waals surface area contributed by atoms with Gasteiger partial charge in [0.05, 0.1) is 12.3 Å². The second kappa shape index (κ2) is 6.76. The molecule has 0 saturated carbocycles. The summed E-state index contributed by atoms with van der Waals surface area (Å²) in [6.45, 7) is 4.70. The molecule has 0 aromatic rings. The van der Waals surface area contributed by atoms with Gasteiger partial charge in [-0.2, -0.15) is 0 Å². The number of sulfonamides is 1. The van der Waals surface area contributed by atoms with Crippen molar-refractivity contribution >= 4 is 15.9 Å². The molecule has 0 unspecified atom stereocenters. The highest BCUT2D eigenvalue weighted by Gasteiger charge is 2.14. The quantitative estimate of drug-likeness (QED) is 0.577. The first-order valence-electron chi connectivity index (χ1n) is 4.92. The van der Waals surface area contributed by atoms with E-state index < -0.39 is 10.0 Å². The van der Waals surface area contributed by atoms with Crippen LogP contribution in [0.15, 0.2) is 0 Å². The first-order valence-corrected chi connectivity index (χ1v) is 6.57. The molecule has 6 nitrogen and oxygen atoms in total. The van der Waals surface area contributed by atoms with E-state index in [-0.39, 0.29) is 24.7 Å². The van der Waals surface area contributed by atoms with Crippen LogP contribution in [-0.2, 0) is 14.8 Å². The van der Waals surface area contributed by atoms with Crippen LogP contribution < -0.4 is 10.5 Å². The van der Waals surface area contributed by atoms with Crippen LogP contribution in [0.1, 0.15) is 13.8 Å². The van der Waals surface area contributed by atoms with Gasteiger partial charge in [0.15, 0.2) is 0 Å². The van der Waals surface area contributed by atoms with Crippen molar-refractivity contribution in [3.05, 3.63) is 0 Å². The molecule has 0 saturated heterocycles. The van der Waals surface area contributed by atoms with Gasteiger partial charge in [0.2, 0.25) is 15.9 Å². The Balaban J connectivity index is 4.10. The highest BCUT2D eigenvalue weighted by Crippen LogP contribution is 1.89. The Labute approximate surface area is 90.9 Å². The van der Waals surface area contributed by atoms with Crippen LogP contribution in [0.2, 0.25) is 0 Å². The number of carbonyl (C=O) groups excluding carboxylic acids is 1. The fraction of sp³-hybridized carbons (Fsp3) is 0.875. The van der Waals surface area contributed by atoms with Crippen molar-refractivity contribution in [1.29, 1.82) is 0 Å². The zero-order chi connectivity index (χ0) is 11.9. The molecule has 0 aromatic heterocycles. The van der Waals surface area contributed by atoms with E-state index in [0.717, 1.165) is 0 Å². The second-order valence-electron chi connectivity index (χ2n) is 2.99. The van der Waals surface area contributed by atoms with Gasteiger partial charge >= 0.3 is 0 Å². The lowest BCUT2D eigenvalue weighted by Gasteiger charge is -2.18. The number of carbonyl (C=O) groups is 1. The minimum Gasteiger partial charge on any atom is -0.342 e. The molecule has 1 amide bonds. The van der Waals surface area contributed by atoms with Crippen LogP contribution in [0, 0.1) is 0 Å².